The Morgan fingerprint density at radius 1 is 1.03 bits per heavy atom. The van der Waals surface area contributed by atoms with E-state index in [1.54, 1.807) is 12.1 Å². The number of phenolic OH excluding ortho intramolecular Hbond substituents is 1. The summed E-state index contributed by atoms with van der Waals surface area (Å²) < 4.78 is 0. The molecule has 13 heteroatoms. The monoisotopic (exact) mass is 492 g/mol. The van der Waals surface area contributed by atoms with Crippen LogP contribution in [0.25, 0.3) is 0 Å². The molecule has 0 aliphatic heterocycles. The summed E-state index contributed by atoms with van der Waals surface area (Å²) in [6.07, 6.45) is 2.79. The van der Waals surface area contributed by atoms with Crippen LogP contribution in [-0.4, -0.2) is 73.8 Å². The first-order chi connectivity index (χ1) is 16.1. The Bertz CT molecular complexity index is 984. The average Bonchev–Trinajstić information content (AvgIpc) is 3.31. The summed E-state index contributed by atoms with van der Waals surface area (Å²) in [5, 5.41) is 26.4. The highest BCUT2D eigenvalue weighted by atomic mass is 32.1. The number of carbonyl (C=O) groups is 4. The van der Waals surface area contributed by atoms with Gasteiger partial charge in [0.05, 0.1) is 12.4 Å². The van der Waals surface area contributed by atoms with Crippen molar-refractivity contribution in [2.45, 2.75) is 43.9 Å². The van der Waals surface area contributed by atoms with Gasteiger partial charge >= 0.3 is 5.97 Å². The van der Waals surface area contributed by atoms with Crippen molar-refractivity contribution in [2.75, 3.05) is 5.75 Å². The molecule has 4 atom stereocenters. The Balaban J connectivity index is 2.16. The molecule has 1 heterocycles. The Kier molecular flexibility index (Phi) is 9.89. The molecular formula is C21H28N6O6S. The summed E-state index contributed by atoms with van der Waals surface area (Å²) >= 11 is 3.94. The van der Waals surface area contributed by atoms with Gasteiger partial charge in [0.15, 0.2) is 0 Å². The van der Waals surface area contributed by atoms with Crippen molar-refractivity contribution < 1.29 is 29.4 Å². The van der Waals surface area contributed by atoms with Gasteiger partial charge in [-0.25, -0.2) is 9.78 Å². The van der Waals surface area contributed by atoms with Crippen LogP contribution in [0, 0.1) is 0 Å². The van der Waals surface area contributed by atoms with Crippen molar-refractivity contribution in [1.29, 1.82) is 0 Å². The zero-order valence-electron chi connectivity index (χ0n) is 18.4. The molecule has 184 valence electrons. The molecule has 2 aromatic rings. The molecule has 0 fully saturated rings. The van der Waals surface area contributed by atoms with Crippen LogP contribution < -0.4 is 21.7 Å². The highest BCUT2D eigenvalue weighted by molar-refractivity contribution is 7.80. The Hall–Kier alpha value is -3.58. The number of carbonyl (C=O) groups excluding carboxylic acids is 3. The predicted molar refractivity (Wildman–Crippen MR) is 125 cm³/mol. The molecule has 0 aliphatic carbocycles. The van der Waals surface area contributed by atoms with Gasteiger partial charge in [0.25, 0.3) is 0 Å². The van der Waals surface area contributed by atoms with E-state index in [0.717, 1.165) is 0 Å². The molecule has 0 bridgehead atoms. The van der Waals surface area contributed by atoms with Crippen LogP contribution >= 0.6 is 12.6 Å². The van der Waals surface area contributed by atoms with E-state index in [0.29, 0.717) is 11.3 Å². The molecule has 12 nitrogen and oxygen atoms in total. The van der Waals surface area contributed by atoms with Gasteiger partial charge in [0.1, 0.15) is 23.9 Å². The van der Waals surface area contributed by atoms with Gasteiger partial charge in [0, 0.05) is 30.5 Å². The van der Waals surface area contributed by atoms with Crippen molar-refractivity contribution in [3.8, 4) is 5.75 Å². The number of nitrogens with two attached hydrogens (primary N) is 1. The third-order valence-electron chi connectivity index (χ3n) is 4.89. The first kappa shape index (κ1) is 26.7. The number of aromatic amines is 1. The van der Waals surface area contributed by atoms with Crippen LogP contribution in [0.15, 0.2) is 36.8 Å². The molecule has 0 spiro atoms. The minimum atomic E-state index is -1.28. The van der Waals surface area contributed by atoms with E-state index in [-0.39, 0.29) is 24.3 Å². The SMILES string of the molecule is CC(NC(=O)C(N)CS)C(=O)NC(Cc1ccc(O)cc1)C(=O)NC(Cc1cnc[nH]1)C(=O)O. The number of aromatic hydroxyl groups is 1. The Labute approximate surface area is 201 Å². The topological polar surface area (TPSA) is 200 Å². The maximum atomic E-state index is 13.0. The van der Waals surface area contributed by atoms with E-state index in [9.17, 15) is 29.4 Å². The van der Waals surface area contributed by atoms with Crippen molar-refractivity contribution in [3.63, 3.8) is 0 Å². The third-order valence-corrected chi connectivity index (χ3v) is 5.28. The lowest BCUT2D eigenvalue weighted by Gasteiger charge is -2.23. The molecule has 0 radical (unpaired) electrons. The summed E-state index contributed by atoms with van der Waals surface area (Å²) in [4.78, 5) is 56.0. The number of carboxylic acids is 1. The number of H-pyrrole nitrogens is 1. The second-order valence-corrected chi connectivity index (χ2v) is 8.00. The molecule has 3 amide bonds. The van der Waals surface area contributed by atoms with E-state index in [4.69, 9.17) is 5.73 Å². The highest BCUT2D eigenvalue weighted by Crippen LogP contribution is 2.12. The van der Waals surface area contributed by atoms with Crippen LogP contribution in [0.5, 0.6) is 5.75 Å². The van der Waals surface area contributed by atoms with Gasteiger partial charge in [-0.05, 0) is 24.6 Å². The number of phenols is 1. The Morgan fingerprint density at radius 3 is 2.24 bits per heavy atom. The first-order valence-electron chi connectivity index (χ1n) is 10.4. The lowest BCUT2D eigenvalue weighted by Crippen LogP contribution is -2.57. The standard InChI is InChI=1S/C21H28N6O6S/c1-11(25-19(30)15(22)9-34)18(29)26-16(6-12-2-4-14(28)5-3-12)20(31)27-17(21(32)33)7-13-8-23-10-24-13/h2-5,8,10-11,15-17,28,34H,6-7,9,22H2,1H3,(H,23,24)(H,25,30)(H,26,29)(H,27,31)(H,32,33). The lowest BCUT2D eigenvalue weighted by molar-refractivity contribution is -0.142. The van der Waals surface area contributed by atoms with Crippen LogP contribution in [0.3, 0.4) is 0 Å². The quantitative estimate of drug-likeness (QED) is 0.167. The van der Waals surface area contributed by atoms with Gasteiger partial charge in [-0.1, -0.05) is 12.1 Å². The van der Waals surface area contributed by atoms with Crippen LogP contribution in [0.1, 0.15) is 18.2 Å². The number of thiol groups is 1. The molecule has 2 rings (SSSR count). The maximum absolute atomic E-state index is 13.0. The molecule has 1 aromatic carbocycles. The number of aliphatic carboxylic acids is 1. The van der Waals surface area contributed by atoms with Gasteiger partial charge in [0.2, 0.25) is 17.7 Å². The molecule has 0 saturated carbocycles. The summed E-state index contributed by atoms with van der Waals surface area (Å²) in [7, 11) is 0. The number of imidazole rings is 1. The minimum absolute atomic E-state index is 0.00503. The maximum Gasteiger partial charge on any atom is 0.326 e. The largest absolute Gasteiger partial charge is 0.508 e. The van der Waals surface area contributed by atoms with Gasteiger partial charge < -0.3 is 36.9 Å². The second-order valence-electron chi connectivity index (χ2n) is 7.63. The van der Waals surface area contributed by atoms with E-state index in [2.05, 4.69) is 38.5 Å². The van der Waals surface area contributed by atoms with Gasteiger partial charge in [-0.15, -0.1) is 0 Å². The number of hydrogen-bond donors (Lipinski definition) is 8. The number of benzene rings is 1. The summed E-state index contributed by atoms with van der Waals surface area (Å²) in [6.45, 7) is 1.42. The first-order valence-corrected chi connectivity index (χ1v) is 11.0. The van der Waals surface area contributed by atoms with Crippen molar-refractivity contribution in [2.24, 2.45) is 5.73 Å². The summed E-state index contributed by atoms with van der Waals surface area (Å²) in [6, 6.07) is 1.60. The van der Waals surface area contributed by atoms with Crippen LogP contribution in [-0.2, 0) is 32.0 Å². The van der Waals surface area contributed by atoms with E-state index >= 15 is 0 Å². The summed E-state index contributed by atoms with van der Waals surface area (Å²) in [5.74, 6) is -3.14. The summed E-state index contributed by atoms with van der Waals surface area (Å²) in [5.41, 5.74) is 6.71. The van der Waals surface area contributed by atoms with Crippen LogP contribution in [0.2, 0.25) is 0 Å². The van der Waals surface area contributed by atoms with Crippen LogP contribution in [0.4, 0.5) is 0 Å². The molecule has 0 saturated heterocycles. The number of rotatable bonds is 12. The highest BCUT2D eigenvalue weighted by Gasteiger charge is 2.29. The number of amides is 3. The zero-order chi connectivity index (χ0) is 25.3. The number of nitrogens with one attached hydrogen (secondary N) is 4. The average molecular weight is 493 g/mol. The fourth-order valence-electron chi connectivity index (χ4n) is 2.93. The lowest BCUT2D eigenvalue weighted by atomic mass is 10.0. The molecule has 34 heavy (non-hydrogen) atoms. The Morgan fingerprint density at radius 2 is 1.68 bits per heavy atom. The number of hydrogen-bond acceptors (Lipinski definition) is 8. The number of nitrogens with zero attached hydrogens (tertiary/aromatic N) is 1. The number of aromatic nitrogens is 2. The van der Waals surface area contributed by atoms with Crippen molar-refractivity contribution in [3.05, 3.63) is 48.0 Å². The van der Waals surface area contributed by atoms with Gasteiger partial charge in [-0.2, -0.15) is 12.6 Å². The second kappa shape index (κ2) is 12.6. The van der Waals surface area contributed by atoms with Crippen molar-refractivity contribution >= 4 is 36.3 Å². The fourth-order valence-corrected chi connectivity index (χ4v) is 3.10. The molecule has 0 aliphatic rings. The predicted octanol–water partition coefficient (Wildman–Crippen LogP) is -1.28. The van der Waals surface area contributed by atoms with E-state index in [1.807, 2.05) is 0 Å². The third kappa shape index (κ3) is 8.08. The zero-order valence-corrected chi connectivity index (χ0v) is 19.3. The minimum Gasteiger partial charge on any atom is -0.508 e. The molecule has 4 unspecified atom stereocenters. The normalized spacial score (nSPS) is 14.3. The molecule has 1 aromatic heterocycles. The van der Waals surface area contributed by atoms with Crippen molar-refractivity contribution in [1.82, 2.24) is 25.9 Å². The van der Waals surface area contributed by atoms with E-state index in [1.165, 1.54) is 31.6 Å². The number of carboxylic acid groups (broad SMARTS) is 1. The molecule has 8 N–H and O–H groups in total. The van der Waals surface area contributed by atoms with Gasteiger partial charge in [-0.3, -0.25) is 14.4 Å². The van der Waals surface area contributed by atoms with E-state index < -0.39 is 47.9 Å². The smallest absolute Gasteiger partial charge is 0.326 e. The molecular weight excluding hydrogens is 464 g/mol. The fraction of sp³-hybridized carbons (Fsp3) is 0.381.